The van der Waals surface area contributed by atoms with Crippen molar-refractivity contribution in [3.8, 4) is 0 Å². The van der Waals surface area contributed by atoms with Gasteiger partial charge in [-0.1, -0.05) is 0 Å². The number of aromatic nitrogens is 2. The highest BCUT2D eigenvalue weighted by Gasteiger charge is 2.12. The fourth-order valence-electron chi connectivity index (χ4n) is 3.28. The van der Waals surface area contributed by atoms with Crippen LogP contribution in [0.4, 0.5) is 5.69 Å². The second-order valence-corrected chi connectivity index (χ2v) is 6.50. The fraction of sp³-hybridized carbons (Fsp3) is 0.400. The molecule has 4 nitrogen and oxygen atoms in total. The first-order valence-corrected chi connectivity index (χ1v) is 8.64. The lowest BCUT2D eigenvalue weighted by molar-refractivity contribution is 0.104. The van der Waals surface area contributed by atoms with Crippen LogP contribution < -0.4 is 4.90 Å². The van der Waals surface area contributed by atoms with E-state index in [2.05, 4.69) is 22.1 Å². The minimum atomic E-state index is 0.0304. The number of hydrogen-bond acceptors (Lipinski definition) is 3. The van der Waals surface area contributed by atoms with E-state index in [-0.39, 0.29) is 5.78 Å². The molecule has 1 aliphatic rings. The van der Waals surface area contributed by atoms with Gasteiger partial charge in [-0.3, -0.25) is 9.48 Å². The Labute approximate surface area is 143 Å². The Bertz CT molecular complexity index is 750. The second kappa shape index (κ2) is 7.04. The van der Waals surface area contributed by atoms with Gasteiger partial charge in [-0.2, -0.15) is 5.10 Å². The van der Waals surface area contributed by atoms with Gasteiger partial charge in [-0.05, 0) is 69.5 Å². The Morgan fingerprint density at radius 1 is 1.08 bits per heavy atom. The summed E-state index contributed by atoms with van der Waals surface area (Å²) in [4.78, 5) is 14.8. The van der Waals surface area contributed by atoms with Gasteiger partial charge in [0.25, 0.3) is 0 Å². The van der Waals surface area contributed by atoms with E-state index < -0.39 is 0 Å². The Morgan fingerprint density at radius 2 is 1.75 bits per heavy atom. The highest BCUT2D eigenvalue weighted by atomic mass is 16.1. The van der Waals surface area contributed by atoms with E-state index in [1.165, 1.54) is 24.9 Å². The van der Waals surface area contributed by atoms with Crippen molar-refractivity contribution in [1.29, 1.82) is 0 Å². The summed E-state index contributed by atoms with van der Waals surface area (Å²) in [5.74, 6) is 0.0304. The first kappa shape index (κ1) is 16.5. The third kappa shape index (κ3) is 3.42. The summed E-state index contributed by atoms with van der Waals surface area (Å²) in [5, 5.41) is 4.37. The second-order valence-electron chi connectivity index (χ2n) is 6.50. The van der Waals surface area contributed by atoms with E-state index in [0.29, 0.717) is 0 Å². The molecule has 0 radical (unpaired) electrons. The normalized spacial score (nSPS) is 15.2. The molecule has 126 valence electrons. The molecule has 0 aliphatic carbocycles. The summed E-state index contributed by atoms with van der Waals surface area (Å²) in [6, 6.07) is 7.99. The van der Waals surface area contributed by atoms with Crippen LogP contribution in [0.3, 0.4) is 0 Å². The molecule has 0 amide bonds. The van der Waals surface area contributed by atoms with Crippen LogP contribution in [0.25, 0.3) is 6.08 Å². The van der Waals surface area contributed by atoms with Crippen molar-refractivity contribution in [2.75, 3.05) is 18.0 Å². The molecule has 1 aliphatic heterocycles. The molecule has 0 unspecified atom stereocenters. The summed E-state index contributed by atoms with van der Waals surface area (Å²) in [6.07, 6.45) is 7.36. The van der Waals surface area contributed by atoms with E-state index in [0.717, 1.165) is 35.6 Å². The lowest BCUT2D eigenvalue weighted by Crippen LogP contribution is -2.29. The monoisotopic (exact) mass is 323 g/mol. The van der Waals surface area contributed by atoms with Gasteiger partial charge in [0.05, 0.1) is 5.69 Å². The Kier molecular flexibility index (Phi) is 4.84. The molecule has 0 spiro atoms. The molecule has 24 heavy (non-hydrogen) atoms. The maximum absolute atomic E-state index is 12.4. The van der Waals surface area contributed by atoms with Crippen molar-refractivity contribution in [2.45, 2.75) is 33.1 Å². The molecule has 1 aromatic carbocycles. The molecule has 0 bridgehead atoms. The van der Waals surface area contributed by atoms with Crippen LogP contribution in [0.15, 0.2) is 30.3 Å². The molecule has 1 saturated heterocycles. The molecular weight excluding hydrogens is 298 g/mol. The van der Waals surface area contributed by atoms with Crippen LogP contribution in [0, 0.1) is 13.8 Å². The van der Waals surface area contributed by atoms with E-state index in [1.54, 1.807) is 6.08 Å². The topological polar surface area (TPSA) is 38.1 Å². The summed E-state index contributed by atoms with van der Waals surface area (Å²) in [6.45, 7) is 6.21. The smallest absolute Gasteiger partial charge is 0.185 e. The maximum atomic E-state index is 12.4. The Morgan fingerprint density at radius 3 is 2.33 bits per heavy atom. The summed E-state index contributed by atoms with van der Waals surface area (Å²) in [5.41, 5.74) is 4.98. The fourth-order valence-corrected chi connectivity index (χ4v) is 3.28. The van der Waals surface area contributed by atoms with Crippen LogP contribution in [0.2, 0.25) is 0 Å². The molecule has 4 heteroatoms. The molecule has 1 aromatic heterocycles. The lowest BCUT2D eigenvalue weighted by Gasteiger charge is -2.28. The van der Waals surface area contributed by atoms with Gasteiger partial charge in [0.15, 0.2) is 5.78 Å². The van der Waals surface area contributed by atoms with E-state index in [9.17, 15) is 4.79 Å². The average Bonchev–Trinajstić information content (AvgIpc) is 2.86. The van der Waals surface area contributed by atoms with Gasteiger partial charge in [0, 0.05) is 42.6 Å². The zero-order valence-corrected chi connectivity index (χ0v) is 14.7. The number of carbonyl (C=O) groups excluding carboxylic acids is 1. The first-order valence-electron chi connectivity index (χ1n) is 8.64. The minimum absolute atomic E-state index is 0.0304. The third-order valence-corrected chi connectivity index (χ3v) is 4.84. The van der Waals surface area contributed by atoms with Crippen molar-refractivity contribution in [3.63, 3.8) is 0 Å². The number of nitrogens with zero attached hydrogens (tertiary/aromatic N) is 3. The van der Waals surface area contributed by atoms with Crippen LogP contribution in [-0.4, -0.2) is 28.7 Å². The molecule has 2 aromatic rings. The van der Waals surface area contributed by atoms with Crippen LogP contribution in [0.1, 0.15) is 46.6 Å². The number of ketones is 1. The molecule has 0 atom stereocenters. The summed E-state index contributed by atoms with van der Waals surface area (Å²) < 4.78 is 1.84. The zero-order valence-electron chi connectivity index (χ0n) is 14.7. The number of piperidine rings is 1. The van der Waals surface area contributed by atoms with Gasteiger partial charge in [0.1, 0.15) is 0 Å². The number of allylic oxidation sites excluding steroid dienone is 1. The first-order chi connectivity index (χ1) is 11.6. The highest BCUT2D eigenvalue weighted by molar-refractivity contribution is 6.07. The number of hydrogen-bond donors (Lipinski definition) is 0. The van der Waals surface area contributed by atoms with Gasteiger partial charge < -0.3 is 4.90 Å². The van der Waals surface area contributed by atoms with Gasteiger partial charge in [-0.15, -0.1) is 0 Å². The van der Waals surface area contributed by atoms with Crippen molar-refractivity contribution in [3.05, 3.63) is 52.9 Å². The molecular formula is C20H25N3O. The summed E-state index contributed by atoms with van der Waals surface area (Å²) in [7, 11) is 1.92. The van der Waals surface area contributed by atoms with Gasteiger partial charge >= 0.3 is 0 Å². The SMILES string of the molecule is Cc1nn(C)c(C)c1/C=C/C(=O)c1ccc(N2CCCCC2)cc1. The van der Waals surface area contributed by atoms with E-state index >= 15 is 0 Å². The minimum Gasteiger partial charge on any atom is -0.372 e. The summed E-state index contributed by atoms with van der Waals surface area (Å²) >= 11 is 0. The number of anilines is 1. The predicted octanol–water partition coefficient (Wildman–Crippen LogP) is 3.92. The van der Waals surface area contributed by atoms with Gasteiger partial charge in [-0.25, -0.2) is 0 Å². The van der Waals surface area contributed by atoms with Crippen LogP contribution >= 0.6 is 0 Å². The number of benzene rings is 1. The Hall–Kier alpha value is -2.36. The standard InChI is InChI=1S/C20H25N3O/c1-15-19(16(2)22(3)21-15)11-12-20(24)17-7-9-18(10-8-17)23-13-5-4-6-14-23/h7-12H,4-6,13-14H2,1-3H3/b12-11+. The largest absolute Gasteiger partial charge is 0.372 e. The van der Waals surface area contributed by atoms with Crippen molar-refractivity contribution >= 4 is 17.5 Å². The quantitative estimate of drug-likeness (QED) is 0.632. The van der Waals surface area contributed by atoms with E-state index in [4.69, 9.17) is 0 Å². The van der Waals surface area contributed by atoms with Crippen molar-refractivity contribution < 1.29 is 4.79 Å². The van der Waals surface area contributed by atoms with E-state index in [1.807, 2.05) is 43.8 Å². The molecule has 0 N–H and O–H groups in total. The lowest BCUT2D eigenvalue weighted by atomic mass is 10.1. The van der Waals surface area contributed by atoms with Crippen LogP contribution in [-0.2, 0) is 7.05 Å². The predicted molar refractivity (Wildman–Crippen MR) is 98.6 cm³/mol. The number of carbonyl (C=O) groups is 1. The van der Waals surface area contributed by atoms with Crippen molar-refractivity contribution in [2.24, 2.45) is 7.05 Å². The zero-order chi connectivity index (χ0) is 17.1. The maximum Gasteiger partial charge on any atom is 0.185 e. The molecule has 0 saturated carbocycles. The molecule has 1 fully saturated rings. The Balaban J connectivity index is 1.72. The number of rotatable bonds is 4. The average molecular weight is 323 g/mol. The third-order valence-electron chi connectivity index (χ3n) is 4.84. The number of aryl methyl sites for hydroxylation is 2. The van der Waals surface area contributed by atoms with Gasteiger partial charge in [0.2, 0.25) is 0 Å². The molecule has 2 heterocycles. The van der Waals surface area contributed by atoms with Crippen molar-refractivity contribution in [1.82, 2.24) is 9.78 Å². The van der Waals surface area contributed by atoms with Crippen LogP contribution in [0.5, 0.6) is 0 Å². The highest BCUT2D eigenvalue weighted by Crippen LogP contribution is 2.21. The molecule has 3 rings (SSSR count).